The number of hydrogen-bond acceptors (Lipinski definition) is 4. The number of anilines is 2. The molecule has 0 unspecified atom stereocenters. The zero-order chi connectivity index (χ0) is 21.8. The zero-order valence-corrected chi connectivity index (χ0v) is 17.9. The second kappa shape index (κ2) is 9.11. The van der Waals surface area contributed by atoms with Gasteiger partial charge in [-0.05, 0) is 44.0 Å². The molecule has 6 nitrogen and oxygen atoms in total. The Morgan fingerprint density at radius 2 is 1.70 bits per heavy atom. The summed E-state index contributed by atoms with van der Waals surface area (Å²) in [7, 11) is 0. The van der Waals surface area contributed by atoms with Gasteiger partial charge in [-0.1, -0.05) is 50.2 Å². The van der Waals surface area contributed by atoms with E-state index in [1.54, 1.807) is 19.1 Å². The Bertz CT molecular complexity index is 926. The van der Waals surface area contributed by atoms with E-state index in [4.69, 9.17) is 4.74 Å². The lowest BCUT2D eigenvalue weighted by Crippen LogP contribution is -2.50. The highest BCUT2D eigenvalue weighted by Crippen LogP contribution is 2.42. The highest BCUT2D eigenvalue weighted by molar-refractivity contribution is 6.38. The van der Waals surface area contributed by atoms with E-state index in [2.05, 4.69) is 0 Å². The SMILES string of the molecule is CCOC(=O)C(=O)N(c1ccccc1)[C@@H]1C[C@@H](C)N(C(=O)C(C)C)c2ccccc21. The van der Waals surface area contributed by atoms with Crippen molar-refractivity contribution in [2.75, 3.05) is 16.4 Å². The molecule has 0 aromatic heterocycles. The van der Waals surface area contributed by atoms with Gasteiger partial charge in [0, 0.05) is 23.3 Å². The van der Waals surface area contributed by atoms with Crippen LogP contribution in [0.5, 0.6) is 0 Å². The Morgan fingerprint density at radius 3 is 2.33 bits per heavy atom. The summed E-state index contributed by atoms with van der Waals surface area (Å²) in [6.07, 6.45) is 0.509. The van der Waals surface area contributed by atoms with Gasteiger partial charge in [0.2, 0.25) is 5.91 Å². The van der Waals surface area contributed by atoms with E-state index in [0.29, 0.717) is 12.1 Å². The fourth-order valence-corrected chi connectivity index (χ4v) is 3.96. The van der Waals surface area contributed by atoms with Crippen LogP contribution >= 0.6 is 0 Å². The molecular weight excluding hydrogens is 380 g/mol. The number of rotatable bonds is 4. The third kappa shape index (κ3) is 4.08. The Morgan fingerprint density at radius 1 is 1.07 bits per heavy atom. The normalized spacial score (nSPS) is 18.0. The van der Waals surface area contributed by atoms with Crippen molar-refractivity contribution in [3.63, 3.8) is 0 Å². The predicted molar refractivity (Wildman–Crippen MR) is 116 cm³/mol. The molecule has 1 aliphatic heterocycles. The van der Waals surface area contributed by atoms with Crippen molar-refractivity contribution >= 4 is 29.2 Å². The third-order valence-corrected chi connectivity index (χ3v) is 5.31. The summed E-state index contributed by atoms with van der Waals surface area (Å²) in [6.45, 7) is 7.53. The Kier molecular flexibility index (Phi) is 6.55. The molecule has 0 aliphatic carbocycles. The highest BCUT2D eigenvalue weighted by Gasteiger charge is 2.40. The van der Waals surface area contributed by atoms with Crippen molar-refractivity contribution in [3.05, 3.63) is 60.2 Å². The summed E-state index contributed by atoms with van der Waals surface area (Å²) in [4.78, 5) is 41.8. The van der Waals surface area contributed by atoms with Gasteiger partial charge in [0.15, 0.2) is 0 Å². The van der Waals surface area contributed by atoms with Gasteiger partial charge in [-0.3, -0.25) is 14.5 Å². The van der Waals surface area contributed by atoms with Gasteiger partial charge in [0.05, 0.1) is 12.6 Å². The van der Waals surface area contributed by atoms with Crippen molar-refractivity contribution in [3.8, 4) is 0 Å². The molecule has 2 aromatic carbocycles. The van der Waals surface area contributed by atoms with Crippen molar-refractivity contribution in [2.45, 2.75) is 46.2 Å². The molecule has 2 aromatic rings. The van der Waals surface area contributed by atoms with E-state index in [9.17, 15) is 14.4 Å². The maximum atomic E-state index is 13.1. The van der Waals surface area contributed by atoms with E-state index in [1.807, 2.05) is 68.1 Å². The lowest BCUT2D eigenvalue weighted by molar-refractivity contribution is -0.153. The summed E-state index contributed by atoms with van der Waals surface area (Å²) in [6, 6.07) is 16.2. The molecule has 0 bridgehead atoms. The zero-order valence-electron chi connectivity index (χ0n) is 17.9. The quantitative estimate of drug-likeness (QED) is 0.564. The number of hydrogen-bond donors (Lipinski definition) is 0. The van der Waals surface area contributed by atoms with E-state index in [1.165, 1.54) is 4.90 Å². The molecule has 30 heavy (non-hydrogen) atoms. The van der Waals surface area contributed by atoms with Crippen LogP contribution in [0, 0.1) is 5.92 Å². The van der Waals surface area contributed by atoms with Crippen LogP contribution in [0.4, 0.5) is 11.4 Å². The molecule has 2 amide bonds. The topological polar surface area (TPSA) is 66.9 Å². The van der Waals surface area contributed by atoms with Crippen LogP contribution in [-0.4, -0.2) is 30.4 Å². The Labute approximate surface area is 177 Å². The summed E-state index contributed by atoms with van der Waals surface area (Å²) in [5, 5.41) is 0. The van der Waals surface area contributed by atoms with Gasteiger partial charge < -0.3 is 9.64 Å². The number of amides is 2. The number of esters is 1. The summed E-state index contributed by atoms with van der Waals surface area (Å²) in [5.41, 5.74) is 2.23. The van der Waals surface area contributed by atoms with Crippen LogP contribution in [0.25, 0.3) is 0 Å². The van der Waals surface area contributed by atoms with Crippen LogP contribution in [0.1, 0.15) is 45.7 Å². The standard InChI is InChI=1S/C24H28N2O4/c1-5-30-24(29)23(28)26(18-11-7-6-8-12-18)21-15-17(4)25(22(27)16(2)3)20-14-10-9-13-19(20)21/h6-14,16-17,21H,5,15H2,1-4H3/t17-,21-/m1/s1. The largest absolute Gasteiger partial charge is 0.459 e. The van der Waals surface area contributed by atoms with Gasteiger partial charge in [-0.25, -0.2) is 4.79 Å². The lowest BCUT2D eigenvalue weighted by atomic mass is 9.89. The molecule has 0 N–H and O–H groups in total. The molecule has 6 heteroatoms. The minimum atomic E-state index is -0.882. The predicted octanol–water partition coefficient (Wildman–Crippen LogP) is 4.11. The van der Waals surface area contributed by atoms with Crippen LogP contribution < -0.4 is 9.80 Å². The van der Waals surface area contributed by atoms with Gasteiger partial charge >= 0.3 is 11.9 Å². The number of ether oxygens (including phenoxy) is 1. The van der Waals surface area contributed by atoms with Crippen molar-refractivity contribution in [2.24, 2.45) is 5.92 Å². The molecule has 0 radical (unpaired) electrons. The van der Waals surface area contributed by atoms with Crippen LogP contribution in [-0.2, 0) is 19.1 Å². The summed E-state index contributed by atoms with van der Waals surface area (Å²) < 4.78 is 5.01. The average Bonchev–Trinajstić information content (AvgIpc) is 2.74. The van der Waals surface area contributed by atoms with Gasteiger partial charge in [-0.2, -0.15) is 0 Å². The fourth-order valence-electron chi connectivity index (χ4n) is 3.96. The highest BCUT2D eigenvalue weighted by atomic mass is 16.5. The first-order valence-corrected chi connectivity index (χ1v) is 10.3. The van der Waals surface area contributed by atoms with Crippen LogP contribution in [0.2, 0.25) is 0 Å². The molecular formula is C24H28N2O4. The number of fused-ring (bicyclic) bond motifs is 1. The minimum absolute atomic E-state index is 0.0383. The third-order valence-electron chi connectivity index (χ3n) is 5.31. The van der Waals surface area contributed by atoms with Crippen LogP contribution in [0.3, 0.4) is 0 Å². The van der Waals surface area contributed by atoms with Crippen LogP contribution in [0.15, 0.2) is 54.6 Å². The van der Waals surface area contributed by atoms with E-state index < -0.39 is 17.9 Å². The number of para-hydroxylation sites is 2. The van der Waals surface area contributed by atoms with Crippen molar-refractivity contribution in [1.29, 1.82) is 0 Å². The van der Waals surface area contributed by atoms with Crippen molar-refractivity contribution < 1.29 is 19.1 Å². The number of carbonyl (C=O) groups excluding carboxylic acids is 3. The Balaban J connectivity index is 2.11. The molecule has 1 heterocycles. The van der Waals surface area contributed by atoms with Gasteiger partial charge in [-0.15, -0.1) is 0 Å². The Hall–Kier alpha value is -3.15. The number of carbonyl (C=O) groups is 3. The second-order valence-electron chi connectivity index (χ2n) is 7.75. The average molecular weight is 408 g/mol. The number of nitrogens with zero attached hydrogens (tertiary/aromatic N) is 2. The van der Waals surface area contributed by atoms with E-state index >= 15 is 0 Å². The first-order chi connectivity index (χ1) is 14.4. The first kappa shape index (κ1) is 21.6. The second-order valence-corrected chi connectivity index (χ2v) is 7.75. The fraction of sp³-hybridized carbons (Fsp3) is 0.375. The monoisotopic (exact) mass is 408 g/mol. The van der Waals surface area contributed by atoms with E-state index in [0.717, 1.165) is 11.3 Å². The van der Waals surface area contributed by atoms with Gasteiger partial charge in [0.1, 0.15) is 0 Å². The molecule has 0 fully saturated rings. The molecule has 1 aliphatic rings. The summed E-state index contributed by atoms with van der Waals surface area (Å²) >= 11 is 0. The molecule has 0 saturated carbocycles. The first-order valence-electron chi connectivity index (χ1n) is 10.3. The lowest BCUT2D eigenvalue weighted by Gasteiger charge is -2.43. The molecule has 0 spiro atoms. The minimum Gasteiger partial charge on any atom is -0.459 e. The molecule has 2 atom stereocenters. The van der Waals surface area contributed by atoms with E-state index in [-0.39, 0.29) is 24.5 Å². The molecule has 158 valence electrons. The smallest absolute Gasteiger partial charge is 0.397 e. The number of benzene rings is 2. The van der Waals surface area contributed by atoms with Gasteiger partial charge in [0.25, 0.3) is 0 Å². The molecule has 0 saturated heterocycles. The van der Waals surface area contributed by atoms with Crippen molar-refractivity contribution in [1.82, 2.24) is 0 Å². The summed E-state index contributed by atoms with van der Waals surface area (Å²) in [5.74, 6) is -1.70. The maximum absolute atomic E-state index is 13.1. The maximum Gasteiger partial charge on any atom is 0.397 e. The molecule has 3 rings (SSSR count).